The molecule has 1 heterocycles. The number of hydrogen-bond acceptors (Lipinski definition) is 4. The van der Waals surface area contributed by atoms with Gasteiger partial charge < -0.3 is 14.9 Å². The van der Waals surface area contributed by atoms with Gasteiger partial charge in [-0.25, -0.2) is 4.79 Å². The van der Waals surface area contributed by atoms with E-state index in [-0.39, 0.29) is 11.4 Å². The van der Waals surface area contributed by atoms with Crippen LogP contribution in [0.2, 0.25) is 0 Å². The molecule has 106 valence electrons. The maximum absolute atomic E-state index is 10.9. The van der Waals surface area contributed by atoms with Crippen molar-refractivity contribution in [3.05, 3.63) is 27.4 Å². The van der Waals surface area contributed by atoms with Crippen molar-refractivity contribution in [1.82, 2.24) is 10.2 Å². The number of rotatable bonds is 3. The third kappa shape index (κ3) is 2.14. The fourth-order valence-electron chi connectivity index (χ4n) is 2.08. The van der Waals surface area contributed by atoms with E-state index in [1.165, 1.54) is 13.2 Å². The first kappa shape index (κ1) is 14.4. The van der Waals surface area contributed by atoms with Gasteiger partial charge in [-0.3, -0.25) is 5.10 Å². The minimum atomic E-state index is -1.11. The summed E-state index contributed by atoms with van der Waals surface area (Å²) in [6.45, 7) is 3.62. The van der Waals surface area contributed by atoms with Crippen LogP contribution >= 0.6 is 15.9 Å². The van der Waals surface area contributed by atoms with E-state index in [9.17, 15) is 9.90 Å². The number of methoxy groups -OCH3 is 1. The summed E-state index contributed by atoms with van der Waals surface area (Å²) in [7, 11) is 1.46. The monoisotopic (exact) mass is 340 g/mol. The summed E-state index contributed by atoms with van der Waals surface area (Å²) in [6.07, 6.45) is 0. The number of aromatic carboxylic acids is 1. The second kappa shape index (κ2) is 5.16. The second-order valence-electron chi connectivity index (χ2n) is 4.29. The number of hydrogen-bond donors (Lipinski definition) is 3. The third-order valence-electron chi connectivity index (χ3n) is 3.09. The van der Waals surface area contributed by atoms with Crippen LogP contribution in [0.4, 0.5) is 0 Å². The number of aromatic amines is 1. The molecular formula is C13H13BrN2O4. The second-order valence-corrected chi connectivity index (χ2v) is 5.09. The van der Waals surface area contributed by atoms with Gasteiger partial charge in [-0.15, -0.1) is 0 Å². The molecule has 0 unspecified atom stereocenters. The number of benzene rings is 1. The Balaban J connectivity index is 2.72. The van der Waals surface area contributed by atoms with Gasteiger partial charge in [0.25, 0.3) is 0 Å². The Morgan fingerprint density at radius 3 is 2.55 bits per heavy atom. The normalized spacial score (nSPS) is 10.6. The zero-order chi connectivity index (χ0) is 15.0. The molecule has 0 radical (unpaired) electrons. The highest BCUT2D eigenvalue weighted by molar-refractivity contribution is 9.10. The topological polar surface area (TPSA) is 95.4 Å². The van der Waals surface area contributed by atoms with Gasteiger partial charge >= 0.3 is 5.97 Å². The van der Waals surface area contributed by atoms with Crippen LogP contribution in [0.3, 0.4) is 0 Å². The van der Waals surface area contributed by atoms with Gasteiger partial charge in [0.15, 0.2) is 11.5 Å². The molecule has 0 aliphatic rings. The average Bonchev–Trinajstić information content (AvgIpc) is 2.87. The lowest BCUT2D eigenvalue weighted by Gasteiger charge is -2.15. The molecular weight excluding hydrogens is 328 g/mol. The number of phenolic OH excluding ortho intramolecular Hbond substituents is 1. The smallest absolute Gasteiger partial charge is 0.353 e. The number of aromatic nitrogens is 2. The number of carbonyl (C=O) groups is 1. The standard InChI is InChI=1S/C13H13BrN2O4/c1-5-9(7-4-8(13(18)19)16-15-7)11(17)12(20-3)6(2)10(5)14/h4,17H,1-3H3,(H,15,16)(H,18,19). The van der Waals surface area contributed by atoms with Gasteiger partial charge in [-0.2, -0.15) is 5.10 Å². The summed E-state index contributed by atoms with van der Waals surface area (Å²) >= 11 is 3.44. The number of nitrogens with one attached hydrogen (secondary N) is 1. The Morgan fingerprint density at radius 1 is 1.40 bits per heavy atom. The van der Waals surface area contributed by atoms with Crippen LogP contribution in [0.5, 0.6) is 11.5 Å². The highest BCUT2D eigenvalue weighted by Gasteiger charge is 2.22. The van der Waals surface area contributed by atoms with E-state index in [0.717, 1.165) is 15.6 Å². The van der Waals surface area contributed by atoms with Crippen molar-refractivity contribution in [3.8, 4) is 22.8 Å². The van der Waals surface area contributed by atoms with Crippen molar-refractivity contribution in [2.45, 2.75) is 13.8 Å². The number of phenols is 1. The number of nitrogens with zero attached hydrogens (tertiary/aromatic N) is 1. The van der Waals surface area contributed by atoms with E-state index < -0.39 is 5.97 Å². The quantitative estimate of drug-likeness (QED) is 0.798. The van der Waals surface area contributed by atoms with Gasteiger partial charge in [0.05, 0.1) is 18.4 Å². The first-order valence-electron chi connectivity index (χ1n) is 5.73. The van der Waals surface area contributed by atoms with Crippen LogP contribution < -0.4 is 4.74 Å². The molecule has 0 fully saturated rings. The van der Waals surface area contributed by atoms with E-state index >= 15 is 0 Å². The molecule has 0 spiro atoms. The lowest BCUT2D eigenvalue weighted by atomic mass is 10.00. The predicted octanol–water partition coefficient (Wildman–Crippen LogP) is 2.87. The number of halogens is 1. The van der Waals surface area contributed by atoms with Crippen LogP contribution in [0.1, 0.15) is 21.6 Å². The minimum absolute atomic E-state index is 0.0468. The molecule has 0 saturated heterocycles. The highest BCUT2D eigenvalue weighted by atomic mass is 79.9. The van der Waals surface area contributed by atoms with E-state index in [1.54, 1.807) is 6.92 Å². The van der Waals surface area contributed by atoms with Crippen LogP contribution in [-0.4, -0.2) is 33.5 Å². The lowest BCUT2D eigenvalue weighted by molar-refractivity contribution is 0.0690. The molecule has 7 heteroatoms. The minimum Gasteiger partial charge on any atom is -0.504 e. The Bertz CT molecular complexity index is 694. The lowest BCUT2D eigenvalue weighted by Crippen LogP contribution is -1.96. The molecule has 1 aromatic carbocycles. The molecule has 20 heavy (non-hydrogen) atoms. The number of aromatic hydroxyl groups is 1. The molecule has 2 rings (SSSR count). The van der Waals surface area contributed by atoms with Gasteiger partial charge in [-0.1, -0.05) is 15.9 Å². The van der Waals surface area contributed by atoms with Crippen molar-refractivity contribution >= 4 is 21.9 Å². The van der Waals surface area contributed by atoms with Gasteiger partial charge in [0.2, 0.25) is 0 Å². The maximum Gasteiger partial charge on any atom is 0.353 e. The molecule has 6 nitrogen and oxygen atoms in total. The van der Waals surface area contributed by atoms with E-state index in [2.05, 4.69) is 26.1 Å². The molecule has 0 aliphatic carbocycles. The van der Waals surface area contributed by atoms with Crippen LogP contribution in [-0.2, 0) is 0 Å². The summed E-state index contributed by atoms with van der Waals surface area (Å²) < 4.78 is 5.97. The molecule has 2 aromatic rings. The number of carboxylic acid groups (broad SMARTS) is 1. The highest BCUT2D eigenvalue weighted by Crippen LogP contribution is 2.45. The zero-order valence-corrected chi connectivity index (χ0v) is 12.7. The average molecular weight is 341 g/mol. The Labute approximate surface area is 123 Å². The summed E-state index contributed by atoms with van der Waals surface area (Å²) in [4.78, 5) is 10.9. The van der Waals surface area contributed by atoms with Crippen LogP contribution in [0.25, 0.3) is 11.3 Å². The van der Waals surface area contributed by atoms with E-state index in [1.807, 2.05) is 6.92 Å². The Morgan fingerprint density at radius 2 is 2.05 bits per heavy atom. The van der Waals surface area contributed by atoms with Crippen LogP contribution in [0, 0.1) is 13.8 Å². The summed E-state index contributed by atoms with van der Waals surface area (Å²) in [6, 6.07) is 1.37. The summed E-state index contributed by atoms with van der Waals surface area (Å²) in [5, 5.41) is 25.6. The maximum atomic E-state index is 10.9. The Kier molecular flexibility index (Phi) is 3.71. The first-order chi connectivity index (χ1) is 9.38. The predicted molar refractivity (Wildman–Crippen MR) is 76.4 cm³/mol. The molecule has 0 aliphatic heterocycles. The summed E-state index contributed by atoms with van der Waals surface area (Å²) in [5.74, 6) is -0.842. The van der Waals surface area contributed by atoms with Gasteiger partial charge in [0, 0.05) is 10.0 Å². The van der Waals surface area contributed by atoms with Crippen molar-refractivity contribution in [3.63, 3.8) is 0 Å². The van der Waals surface area contributed by atoms with Crippen molar-refractivity contribution in [2.75, 3.05) is 7.11 Å². The van der Waals surface area contributed by atoms with Gasteiger partial charge in [0.1, 0.15) is 5.69 Å². The van der Waals surface area contributed by atoms with Crippen molar-refractivity contribution < 1.29 is 19.7 Å². The van der Waals surface area contributed by atoms with Crippen LogP contribution in [0.15, 0.2) is 10.5 Å². The zero-order valence-electron chi connectivity index (χ0n) is 11.1. The SMILES string of the molecule is COc1c(C)c(Br)c(C)c(-c2cc(C(=O)O)[nH]n2)c1O. The number of ether oxygens (including phenoxy) is 1. The molecule has 1 aromatic heterocycles. The first-order valence-corrected chi connectivity index (χ1v) is 6.52. The molecule has 0 atom stereocenters. The fourth-order valence-corrected chi connectivity index (χ4v) is 2.46. The third-order valence-corrected chi connectivity index (χ3v) is 4.28. The van der Waals surface area contributed by atoms with E-state index in [0.29, 0.717) is 17.0 Å². The molecule has 0 bridgehead atoms. The summed E-state index contributed by atoms with van der Waals surface area (Å²) in [5.41, 5.74) is 2.25. The molecule has 0 amide bonds. The largest absolute Gasteiger partial charge is 0.504 e. The molecule has 3 N–H and O–H groups in total. The van der Waals surface area contributed by atoms with Crippen molar-refractivity contribution in [2.24, 2.45) is 0 Å². The van der Waals surface area contributed by atoms with Crippen molar-refractivity contribution in [1.29, 1.82) is 0 Å². The Hall–Kier alpha value is -2.02. The number of H-pyrrole nitrogens is 1. The van der Waals surface area contributed by atoms with E-state index in [4.69, 9.17) is 9.84 Å². The number of carboxylic acids is 1. The fraction of sp³-hybridized carbons (Fsp3) is 0.231. The van der Waals surface area contributed by atoms with Gasteiger partial charge in [-0.05, 0) is 25.5 Å². The molecule has 0 saturated carbocycles.